The van der Waals surface area contributed by atoms with Crippen LogP contribution in [0.25, 0.3) is 0 Å². The first-order valence-corrected chi connectivity index (χ1v) is 7.06. The average Bonchev–Trinajstić information content (AvgIpc) is 2.44. The highest BCUT2D eigenvalue weighted by Crippen LogP contribution is 2.36. The Balaban J connectivity index is 2.55. The third-order valence-corrected chi connectivity index (χ3v) is 3.52. The van der Waals surface area contributed by atoms with Gasteiger partial charge in [0.1, 0.15) is 5.82 Å². The molecule has 0 aliphatic heterocycles. The molecule has 0 fully saturated rings. The lowest BCUT2D eigenvalue weighted by Crippen LogP contribution is -2.20. The molecule has 0 bridgehead atoms. The zero-order valence-corrected chi connectivity index (χ0v) is 12.2. The van der Waals surface area contributed by atoms with Crippen molar-refractivity contribution < 1.29 is 4.39 Å². The van der Waals surface area contributed by atoms with E-state index >= 15 is 0 Å². The lowest BCUT2D eigenvalue weighted by molar-refractivity contribution is 0.625. The lowest BCUT2D eigenvalue weighted by Gasteiger charge is -2.27. The second-order valence-corrected chi connectivity index (χ2v) is 4.89. The highest BCUT2D eigenvalue weighted by atomic mass is 35.5. The van der Waals surface area contributed by atoms with Crippen LogP contribution >= 0.6 is 11.6 Å². The minimum absolute atomic E-state index is 0.257. The molecule has 20 heavy (non-hydrogen) atoms. The molecule has 2 N–H and O–H groups in total. The molecule has 0 unspecified atom stereocenters. The van der Waals surface area contributed by atoms with E-state index in [1.807, 2.05) is 36.1 Å². The van der Waals surface area contributed by atoms with Crippen LogP contribution in [0.1, 0.15) is 12.5 Å². The highest BCUT2D eigenvalue weighted by molar-refractivity contribution is 6.33. The predicted molar refractivity (Wildman–Crippen MR) is 83.3 cm³/mol. The summed E-state index contributed by atoms with van der Waals surface area (Å²) in [7, 11) is 0. The van der Waals surface area contributed by atoms with Gasteiger partial charge in [0.25, 0.3) is 0 Å². The third kappa shape index (κ3) is 2.94. The van der Waals surface area contributed by atoms with Gasteiger partial charge in [0.15, 0.2) is 0 Å². The average molecular weight is 293 g/mol. The highest BCUT2D eigenvalue weighted by Gasteiger charge is 2.17. The standard InChI is InChI=1S/C16H18ClFN2/c1-2-20(15-9-4-3-8-14(15)18)16-12(10-11-19)6-5-7-13(16)17/h3-9H,2,10-11,19H2,1H3. The van der Waals surface area contributed by atoms with Crippen molar-refractivity contribution in [2.45, 2.75) is 13.3 Å². The topological polar surface area (TPSA) is 29.3 Å². The van der Waals surface area contributed by atoms with Gasteiger partial charge < -0.3 is 10.6 Å². The minimum atomic E-state index is -0.257. The van der Waals surface area contributed by atoms with Gasteiger partial charge in [0.2, 0.25) is 0 Å². The summed E-state index contributed by atoms with van der Waals surface area (Å²) in [5.74, 6) is -0.257. The number of hydrogen-bond donors (Lipinski definition) is 1. The maximum atomic E-state index is 14.1. The molecule has 4 heteroatoms. The molecule has 0 atom stereocenters. The van der Waals surface area contributed by atoms with Gasteiger partial charge in [-0.3, -0.25) is 0 Å². The van der Waals surface area contributed by atoms with Gasteiger partial charge in [0.05, 0.1) is 16.4 Å². The van der Waals surface area contributed by atoms with Crippen LogP contribution < -0.4 is 10.6 Å². The zero-order valence-electron chi connectivity index (χ0n) is 11.4. The molecule has 0 amide bonds. The Morgan fingerprint density at radius 1 is 1.15 bits per heavy atom. The van der Waals surface area contributed by atoms with Crippen molar-refractivity contribution in [1.29, 1.82) is 0 Å². The van der Waals surface area contributed by atoms with Gasteiger partial charge in [-0.2, -0.15) is 0 Å². The van der Waals surface area contributed by atoms with Crippen LogP contribution in [0.5, 0.6) is 0 Å². The second-order valence-electron chi connectivity index (χ2n) is 4.48. The summed E-state index contributed by atoms with van der Waals surface area (Å²) in [4.78, 5) is 1.89. The van der Waals surface area contributed by atoms with E-state index in [1.165, 1.54) is 6.07 Å². The molecule has 0 saturated carbocycles. The molecule has 0 radical (unpaired) electrons. The number of benzene rings is 2. The Morgan fingerprint density at radius 3 is 2.55 bits per heavy atom. The normalized spacial score (nSPS) is 10.6. The van der Waals surface area contributed by atoms with Crippen molar-refractivity contribution in [2.24, 2.45) is 5.73 Å². The van der Waals surface area contributed by atoms with Crippen molar-refractivity contribution in [2.75, 3.05) is 18.0 Å². The first-order valence-electron chi connectivity index (χ1n) is 6.68. The quantitative estimate of drug-likeness (QED) is 0.897. The predicted octanol–water partition coefficient (Wildman–Crippen LogP) is 4.14. The van der Waals surface area contributed by atoms with E-state index in [2.05, 4.69) is 0 Å². The summed E-state index contributed by atoms with van der Waals surface area (Å²) in [5.41, 5.74) is 8.06. The van der Waals surface area contributed by atoms with Gasteiger partial charge in [0, 0.05) is 6.54 Å². The molecule has 0 spiro atoms. The summed E-state index contributed by atoms with van der Waals surface area (Å²) < 4.78 is 14.1. The summed E-state index contributed by atoms with van der Waals surface area (Å²) >= 11 is 6.34. The number of nitrogens with two attached hydrogens (primary N) is 1. The maximum absolute atomic E-state index is 14.1. The summed E-state index contributed by atoms with van der Waals surface area (Å²) in [6, 6.07) is 12.4. The van der Waals surface area contributed by atoms with E-state index in [9.17, 15) is 4.39 Å². The fraction of sp³-hybridized carbons (Fsp3) is 0.250. The van der Waals surface area contributed by atoms with Crippen LogP contribution in [0, 0.1) is 5.82 Å². The van der Waals surface area contributed by atoms with E-state index in [0.717, 1.165) is 11.3 Å². The molecule has 2 rings (SSSR count). The van der Waals surface area contributed by atoms with Gasteiger partial charge in [-0.15, -0.1) is 0 Å². The number of rotatable bonds is 5. The SMILES string of the molecule is CCN(c1ccccc1F)c1c(Cl)cccc1CCN. The van der Waals surface area contributed by atoms with E-state index < -0.39 is 0 Å². The van der Waals surface area contributed by atoms with Gasteiger partial charge in [-0.25, -0.2) is 4.39 Å². The molecule has 2 aromatic rings. The first-order chi connectivity index (χ1) is 9.69. The van der Waals surface area contributed by atoms with E-state index in [-0.39, 0.29) is 5.82 Å². The molecule has 2 nitrogen and oxygen atoms in total. The maximum Gasteiger partial charge on any atom is 0.146 e. The number of halogens is 2. The van der Waals surface area contributed by atoms with Gasteiger partial charge in [-0.1, -0.05) is 35.9 Å². The van der Waals surface area contributed by atoms with Gasteiger partial charge >= 0.3 is 0 Å². The van der Waals surface area contributed by atoms with Gasteiger partial charge in [-0.05, 0) is 43.7 Å². The minimum Gasteiger partial charge on any atom is -0.338 e. The summed E-state index contributed by atoms with van der Waals surface area (Å²) in [6.45, 7) is 3.13. The fourth-order valence-corrected chi connectivity index (χ4v) is 2.64. The summed E-state index contributed by atoms with van der Waals surface area (Å²) in [6.07, 6.45) is 0.709. The fourth-order valence-electron chi connectivity index (χ4n) is 2.34. The molecule has 0 saturated heterocycles. The van der Waals surface area contributed by atoms with Crippen LogP contribution in [-0.4, -0.2) is 13.1 Å². The molecule has 106 valence electrons. The Bertz CT molecular complexity index is 586. The van der Waals surface area contributed by atoms with E-state index in [0.29, 0.717) is 30.2 Å². The molecular weight excluding hydrogens is 275 g/mol. The Hall–Kier alpha value is -1.58. The van der Waals surface area contributed by atoms with E-state index in [1.54, 1.807) is 12.1 Å². The van der Waals surface area contributed by atoms with Crippen molar-refractivity contribution in [3.63, 3.8) is 0 Å². The van der Waals surface area contributed by atoms with Crippen molar-refractivity contribution in [3.8, 4) is 0 Å². The number of anilines is 2. The lowest BCUT2D eigenvalue weighted by atomic mass is 10.1. The first kappa shape index (κ1) is 14.8. The molecule has 0 aliphatic carbocycles. The molecule has 0 aromatic heterocycles. The Labute approximate surface area is 124 Å². The van der Waals surface area contributed by atoms with Crippen LogP contribution in [0.3, 0.4) is 0 Å². The van der Waals surface area contributed by atoms with Crippen LogP contribution in [0.2, 0.25) is 5.02 Å². The number of nitrogens with zero attached hydrogens (tertiary/aromatic N) is 1. The number of hydrogen-bond acceptors (Lipinski definition) is 2. The van der Waals surface area contributed by atoms with Crippen LogP contribution in [0.4, 0.5) is 15.8 Å². The largest absolute Gasteiger partial charge is 0.338 e. The molecule has 0 aliphatic rings. The molecule has 0 heterocycles. The summed E-state index contributed by atoms with van der Waals surface area (Å²) in [5, 5.41) is 0.612. The monoisotopic (exact) mass is 292 g/mol. The van der Waals surface area contributed by atoms with Crippen molar-refractivity contribution in [3.05, 3.63) is 58.9 Å². The molecular formula is C16H18ClFN2. The Morgan fingerprint density at radius 2 is 1.90 bits per heavy atom. The number of para-hydroxylation sites is 2. The smallest absolute Gasteiger partial charge is 0.146 e. The van der Waals surface area contributed by atoms with Crippen LogP contribution in [0.15, 0.2) is 42.5 Å². The van der Waals surface area contributed by atoms with E-state index in [4.69, 9.17) is 17.3 Å². The Kier molecular flexibility index (Phi) is 4.99. The van der Waals surface area contributed by atoms with Crippen molar-refractivity contribution in [1.82, 2.24) is 0 Å². The second kappa shape index (κ2) is 6.73. The van der Waals surface area contributed by atoms with Crippen LogP contribution in [-0.2, 0) is 6.42 Å². The third-order valence-electron chi connectivity index (χ3n) is 3.21. The molecule has 2 aromatic carbocycles. The zero-order chi connectivity index (χ0) is 14.5. The van der Waals surface area contributed by atoms with Crippen molar-refractivity contribution >= 4 is 23.0 Å².